The van der Waals surface area contributed by atoms with Crippen LogP contribution in [-0.2, 0) is 11.2 Å². The number of carbonyl (C=O) groups excluding carboxylic acids is 2. The van der Waals surface area contributed by atoms with Crippen LogP contribution in [0, 0.1) is 0 Å². The van der Waals surface area contributed by atoms with Crippen molar-refractivity contribution in [1.82, 2.24) is 10.3 Å². The predicted octanol–water partition coefficient (Wildman–Crippen LogP) is 3.71. The Labute approximate surface area is 162 Å². The quantitative estimate of drug-likeness (QED) is 0.685. The predicted molar refractivity (Wildman–Crippen MR) is 106 cm³/mol. The molecule has 0 aliphatic carbocycles. The molecule has 0 spiro atoms. The Morgan fingerprint density at radius 2 is 1.70 bits per heavy atom. The SMILES string of the molecule is O=C(NC(Cc1ccccc1)C(=O)Nc1cccnc1)c1ccc(Cl)cc1. The van der Waals surface area contributed by atoms with Crippen LogP contribution >= 0.6 is 11.6 Å². The lowest BCUT2D eigenvalue weighted by Gasteiger charge is -2.19. The summed E-state index contributed by atoms with van der Waals surface area (Å²) in [6.45, 7) is 0. The molecule has 1 aromatic heterocycles. The lowest BCUT2D eigenvalue weighted by atomic mass is 10.0. The van der Waals surface area contributed by atoms with Crippen LogP contribution in [0.1, 0.15) is 15.9 Å². The van der Waals surface area contributed by atoms with Gasteiger partial charge in [0.25, 0.3) is 5.91 Å². The van der Waals surface area contributed by atoms with Gasteiger partial charge in [-0.05, 0) is 42.0 Å². The van der Waals surface area contributed by atoms with Crippen LogP contribution < -0.4 is 10.6 Å². The number of hydrogen-bond acceptors (Lipinski definition) is 3. The van der Waals surface area contributed by atoms with Crippen molar-refractivity contribution in [2.75, 3.05) is 5.32 Å². The topological polar surface area (TPSA) is 71.1 Å². The number of nitrogens with zero attached hydrogens (tertiary/aromatic N) is 1. The van der Waals surface area contributed by atoms with Gasteiger partial charge in [0.2, 0.25) is 5.91 Å². The Hall–Kier alpha value is -3.18. The Bertz CT molecular complexity index is 900. The number of halogens is 1. The molecule has 2 aromatic carbocycles. The molecule has 2 N–H and O–H groups in total. The molecule has 0 saturated carbocycles. The van der Waals surface area contributed by atoms with Gasteiger partial charge in [-0.2, -0.15) is 0 Å². The summed E-state index contributed by atoms with van der Waals surface area (Å²) < 4.78 is 0. The minimum Gasteiger partial charge on any atom is -0.340 e. The fourth-order valence-electron chi connectivity index (χ4n) is 2.57. The van der Waals surface area contributed by atoms with E-state index < -0.39 is 6.04 Å². The summed E-state index contributed by atoms with van der Waals surface area (Å²) in [5.41, 5.74) is 1.95. The summed E-state index contributed by atoms with van der Waals surface area (Å²) >= 11 is 5.87. The number of nitrogens with one attached hydrogen (secondary N) is 2. The molecule has 3 aromatic rings. The lowest BCUT2D eigenvalue weighted by Crippen LogP contribution is -2.45. The van der Waals surface area contributed by atoms with Crippen LogP contribution in [0.15, 0.2) is 79.1 Å². The number of rotatable bonds is 6. The van der Waals surface area contributed by atoms with Crippen molar-refractivity contribution >= 4 is 29.1 Å². The average Bonchev–Trinajstić information content (AvgIpc) is 2.69. The van der Waals surface area contributed by atoms with Crippen molar-refractivity contribution < 1.29 is 9.59 Å². The highest BCUT2D eigenvalue weighted by molar-refractivity contribution is 6.30. The van der Waals surface area contributed by atoms with E-state index in [9.17, 15) is 9.59 Å². The Kier molecular flexibility index (Phi) is 6.18. The smallest absolute Gasteiger partial charge is 0.251 e. The van der Waals surface area contributed by atoms with Crippen molar-refractivity contribution in [3.63, 3.8) is 0 Å². The summed E-state index contributed by atoms with van der Waals surface area (Å²) in [6.07, 6.45) is 3.55. The first kappa shape index (κ1) is 18.6. The van der Waals surface area contributed by atoms with Crippen LogP contribution in [0.2, 0.25) is 5.02 Å². The number of anilines is 1. The second-order valence-corrected chi connectivity index (χ2v) is 6.39. The molecule has 1 heterocycles. The molecule has 0 aliphatic heterocycles. The third kappa shape index (κ3) is 5.39. The molecule has 0 fully saturated rings. The summed E-state index contributed by atoms with van der Waals surface area (Å²) in [4.78, 5) is 29.3. The molecular formula is C21H18ClN3O2. The third-order valence-corrected chi connectivity index (χ3v) is 4.19. The maximum atomic E-state index is 12.8. The second-order valence-electron chi connectivity index (χ2n) is 5.95. The van der Waals surface area contributed by atoms with Gasteiger partial charge in [0.15, 0.2) is 0 Å². The Morgan fingerprint density at radius 3 is 2.37 bits per heavy atom. The molecule has 6 heteroatoms. The highest BCUT2D eigenvalue weighted by Crippen LogP contribution is 2.11. The molecule has 0 bridgehead atoms. The van der Waals surface area contributed by atoms with E-state index in [2.05, 4.69) is 15.6 Å². The molecule has 5 nitrogen and oxygen atoms in total. The van der Waals surface area contributed by atoms with Gasteiger partial charge < -0.3 is 10.6 Å². The van der Waals surface area contributed by atoms with Crippen LogP contribution in [0.3, 0.4) is 0 Å². The molecule has 136 valence electrons. The first-order chi connectivity index (χ1) is 13.1. The van der Waals surface area contributed by atoms with E-state index in [4.69, 9.17) is 11.6 Å². The third-order valence-electron chi connectivity index (χ3n) is 3.94. The fraction of sp³-hybridized carbons (Fsp3) is 0.0952. The molecule has 1 atom stereocenters. The number of benzene rings is 2. The maximum absolute atomic E-state index is 12.8. The largest absolute Gasteiger partial charge is 0.340 e. The van der Waals surface area contributed by atoms with E-state index in [-0.39, 0.29) is 11.8 Å². The zero-order valence-electron chi connectivity index (χ0n) is 14.4. The molecule has 0 radical (unpaired) electrons. The van der Waals surface area contributed by atoms with Gasteiger partial charge >= 0.3 is 0 Å². The fourth-order valence-corrected chi connectivity index (χ4v) is 2.69. The van der Waals surface area contributed by atoms with Crippen LogP contribution in [-0.4, -0.2) is 22.8 Å². The monoisotopic (exact) mass is 379 g/mol. The molecule has 2 amide bonds. The van der Waals surface area contributed by atoms with Gasteiger partial charge in [0, 0.05) is 23.2 Å². The summed E-state index contributed by atoms with van der Waals surface area (Å²) in [5.74, 6) is -0.650. The van der Waals surface area contributed by atoms with Crippen molar-refractivity contribution in [3.8, 4) is 0 Å². The number of aromatic nitrogens is 1. The van der Waals surface area contributed by atoms with Gasteiger partial charge in [0.1, 0.15) is 6.04 Å². The summed E-state index contributed by atoms with van der Waals surface area (Å²) in [7, 11) is 0. The van der Waals surface area contributed by atoms with E-state index in [1.807, 2.05) is 30.3 Å². The van der Waals surface area contributed by atoms with Gasteiger partial charge in [0.05, 0.1) is 11.9 Å². The zero-order chi connectivity index (χ0) is 19.1. The van der Waals surface area contributed by atoms with Gasteiger partial charge in [-0.1, -0.05) is 41.9 Å². The standard InChI is InChI=1S/C21H18ClN3O2/c22-17-10-8-16(9-11-17)20(26)25-19(13-15-5-2-1-3-6-15)21(27)24-18-7-4-12-23-14-18/h1-12,14,19H,13H2,(H,24,27)(H,25,26). The zero-order valence-corrected chi connectivity index (χ0v) is 15.2. The summed E-state index contributed by atoms with van der Waals surface area (Å²) in [5, 5.41) is 6.14. The van der Waals surface area contributed by atoms with Crippen LogP contribution in [0.25, 0.3) is 0 Å². The van der Waals surface area contributed by atoms with Gasteiger partial charge in [-0.15, -0.1) is 0 Å². The molecule has 0 aliphatic rings. The van der Waals surface area contributed by atoms with Gasteiger partial charge in [-0.25, -0.2) is 0 Å². The van der Waals surface area contributed by atoms with Crippen LogP contribution in [0.4, 0.5) is 5.69 Å². The molecule has 1 unspecified atom stereocenters. The lowest BCUT2D eigenvalue weighted by molar-refractivity contribution is -0.118. The van der Waals surface area contributed by atoms with Crippen molar-refractivity contribution in [2.24, 2.45) is 0 Å². The van der Waals surface area contributed by atoms with Crippen LogP contribution in [0.5, 0.6) is 0 Å². The highest BCUT2D eigenvalue weighted by atomic mass is 35.5. The minimum absolute atomic E-state index is 0.311. The van der Waals surface area contributed by atoms with E-state index in [1.165, 1.54) is 0 Å². The van der Waals surface area contributed by atoms with E-state index >= 15 is 0 Å². The first-order valence-corrected chi connectivity index (χ1v) is 8.81. The minimum atomic E-state index is -0.740. The van der Waals surface area contributed by atoms with Crippen molar-refractivity contribution in [2.45, 2.75) is 12.5 Å². The van der Waals surface area contributed by atoms with E-state index in [1.54, 1.807) is 48.8 Å². The van der Waals surface area contributed by atoms with E-state index in [0.717, 1.165) is 5.56 Å². The molecular weight excluding hydrogens is 362 g/mol. The molecule has 3 rings (SSSR count). The summed E-state index contributed by atoms with van der Waals surface area (Å²) in [6, 6.07) is 18.8. The van der Waals surface area contributed by atoms with Crippen molar-refractivity contribution in [1.29, 1.82) is 0 Å². The first-order valence-electron chi connectivity index (χ1n) is 8.43. The molecule has 27 heavy (non-hydrogen) atoms. The Balaban J connectivity index is 1.77. The second kappa shape index (κ2) is 8.96. The molecule has 0 saturated heterocycles. The van der Waals surface area contributed by atoms with Gasteiger partial charge in [-0.3, -0.25) is 14.6 Å². The maximum Gasteiger partial charge on any atom is 0.251 e. The average molecular weight is 380 g/mol. The normalized spacial score (nSPS) is 11.4. The van der Waals surface area contributed by atoms with E-state index in [0.29, 0.717) is 22.7 Å². The number of pyridine rings is 1. The van der Waals surface area contributed by atoms with Crippen molar-refractivity contribution in [3.05, 3.63) is 95.3 Å². The number of amides is 2. The number of carbonyl (C=O) groups is 2. The Morgan fingerprint density at radius 1 is 0.963 bits per heavy atom. The highest BCUT2D eigenvalue weighted by Gasteiger charge is 2.22. The number of hydrogen-bond donors (Lipinski definition) is 2.